The molecule has 0 radical (unpaired) electrons. The lowest BCUT2D eigenvalue weighted by atomic mass is 9.93. The van der Waals surface area contributed by atoms with Gasteiger partial charge in [-0.05, 0) is 54.7 Å². The lowest BCUT2D eigenvalue weighted by molar-refractivity contribution is -0.137. The number of ether oxygens (including phenoxy) is 1. The minimum atomic E-state index is -4.45. The van der Waals surface area contributed by atoms with Gasteiger partial charge in [-0.25, -0.2) is 0 Å². The van der Waals surface area contributed by atoms with Gasteiger partial charge in [0.15, 0.2) is 4.90 Å². The van der Waals surface area contributed by atoms with Crippen LogP contribution < -0.4 is 0 Å². The van der Waals surface area contributed by atoms with Crippen LogP contribution in [-0.4, -0.2) is 20.9 Å². The van der Waals surface area contributed by atoms with Gasteiger partial charge in [-0.2, -0.15) is 13.2 Å². The van der Waals surface area contributed by atoms with Crippen LogP contribution >= 0.6 is 0 Å². The summed E-state index contributed by atoms with van der Waals surface area (Å²) < 4.78 is 57.5. The Morgan fingerprint density at radius 3 is 2.64 bits per heavy atom. The van der Waals surface area contributed by atoms with Gasteiger partial charge in [-0.1, -0.05) is 12.1 Å². The lowest BCUT2D eigenvalue weighted by Crippen LogP contribution is -2.42. The van der Waals surface area contributed by atoms with Crippen molar-refractivity contribution >= 4 is 11.2 Å². The number of rotatable bonds is 4. The van der Waals surface area contributed by atoms with Crippen LogP contribution in [0.15, 0.2) is 47.5 Å². The fourth-order valence-corrected chi connectivity index (χ4v) is 5.23. The van der Waals surface area contributed by atoms with Crippen LogP contribution in [0.25, 0.3) is 0 Å². The summed E-state index contributed by atoms with van der Waals surface area (Å²) in [4.78, 5) is 4.73. The third-order valence-electron chi connectivity index (χ3n) is 5.57. The van der Waals surface area contributed by atoms with E-state index in [1.165, 1.54) is 25.0 Å². The Labute approximate surface area is 165 Å². The Hall–Kier alpha value is -1.57. The maximum Gasteiger partial charge on any atom is 0.416 e. The molecule has 0 amide bonds. The van der Waals surface area contributed by atoms with E-state index in [0.29, 0.717) is 25.4 Å². The first kappa shape index (κ1) is 19.7. The summed E-state index contributed by atoms with van der Waals surface area (Å²) in [6.45, 7) is 2.28. The molecule has 2 aromatic rings. The fraction of sp³-hybridized carbons (Fsp3) is 0.476. The summed E-state index contributed by atoms with van der Waals surface area (Å²) >= 11 is -1.58. The van der Waals surface area contributed by atoms with E-state index in [1.807, 2.05) is 25.3 Å². The van der Waals surface area contributed by atoms with Crippen molar-refractivity contribution in [3.63, 3.8) is 0 Å². The van der Waals surface area contributed by atoms with Crippen molar-refractivity contribution < 1.29 is 22.5 Å². The van der Waals surface area contributed by atoms with Crippen molar-refractivity contribution in [3.05, 3.63) is 59.4 Å². The van der Waals surface area contributed by atoms with Crippen LogP contribution in [0.4, 0.5) is 13.2 Å². The van der Waals surface area contributed by atoms with E-state index in [0.717, 1.165) is 23.4 Å². The third-order valence-corrected chi connectivity index (χ3v) is 7.51. The molecule has 1 saturated heterocycles. The topological polar surface area (TPSA) is 45.2 Å². The summed E-state index contributed by atoms with van der Waals surface area (Å²) in [5, 5.41) is 0. The highest BCUT2D eigenvalue weighted by atomic mass is 32.2. The van der Waals surface area contributed by atoms with Gasteiger partial charge in [0.2, 0.25) is 0 Å². The van der Waals surface area contributed by atoms with Crippen LogP contribution in [0.2, 0.25) is 0 Å². The average Bonchev–Trinajstić information content (AvgIpc) is 3.52. The molecule has 1 aliphatic heterocycles. The molecule has 3 unspecified atom stereocenters. The van der Waals surface area contributed by atoms with Crippen LogP contribution in [0.3, 0.4) is 0 Å². The molecule has 1 aromatic heterocycles. The number of hydrogen-bond donors (Lipinski definition) is 0. The summed E-state index contributed by atoms with van der Waals surface area (Å²) in [7, 11) is 0. The van der Waals surface area contributed by atoms with E-state index in [1.54, 1.807) is 0 Å². The highest BCUT2D eigenvalue weighted by Crippen LogP contribution is 2.43. The normalized spacial score (nSPS) is 26.8. The molecule has 7 heteroatoms. The lowest BCUT2D eigenvalue weighted by Gasteiger charge is -2.39. The Balaban J connectivity index is 1.53. The average molecular weight is 409 g/mol. The number of alkyl halides is 3. The summed E-state index contributed by atoms with van der Waals surface area (Å²) in [5.41, 5.74) is 1.25. The molecule has 1 aliphatic carbocycles. The van der Waals surface area contributed by atoms with Gasteiger partial charge >= 0.3 is 6.18 Å². The van der Waals surface area contributed by atoms with Crippen LogP contribution in [0, 0.1) is 0 Å². The largest absolute Gasteiger partial charge is 0.611 e. The van der Waals surface area contributed by atoms with E-state index in [4.69, 9.17) is 4.74 Å². The van der Waals surface area contributed by atoms with Gasteiger partial charge in [-0.3, -0.25) is 4.98 Å². The van der Waals surface area contributed by atoms with Crippen LogP contribution in [0.1, 0.15) is 61.4 Å². The molecular formula is C21H22F3NO2S. The SMILES string of the molecule is CC1([S+]([O-])c2cccc(C(F)(F)F)c2)CCOC(c2ccc(C3CC3)nc2)C1. The molecule has 2 fully saturated rings. The summed E-state index contributed by atoms with van der Waals surface area (Å²) in [6.07, 6.45) is 0.473. The fourth-order valence-electron chi connectivity index (χ4n) is 3.65. The Morgan fingerprint density at radius 1 is 1.21 bits per heavy atom. The van der Waals surface area contributed by atoms with Crippen molar-refractivity contribution in [2.45, 2.75) is 60.4 Å². The van der Waals surface area contributed by atoms with E-state index in [2.05, 4.69) is 4.98 Å². The highest BCUT2D eigenvalue weighted by molar-refractivity contribution is 7.92. The summed E-state index contributed by atoms with van der Waals surface area (Å²) in [6, 6.07) is 8.85. The van der Waals surface area contributed by atoms with E-state index >= 15 is 0 Å². The second kappa shape index (κ2) is 7.35. The maximum atomic E-state index is 13.2. The van der Waals surface area contributed by atoms with Gasteiger partial charge in [0, 0.05) is 36.7 Å². The zero-order chi connectivity index (χ0) is 19.9. The zero-order valence-electron chi connectivity index (χ0n) is 15.5. The predicted molar refractivity (Wildman–Crippen MR) is 100 cm³/mol. The van der Waals surface area contributed by atoms with Crippen molar-refractivity contribution in [1.82, 2.24) is 4.98 Å². The van der Waals surface area contributed by atoms with Gasteiger partial charge in [0.1, 0.15) is 4.75 Å². The molecule has 0 spiro atoms. The first-order valence-electron chi connectivity index (χ1n) is 9.43. The highest BCUT2D eigenvalue weighted by Gasteiger charge is 2.45. The third kappa shape index (κ3) is 4.07. The number of hydrogen-bond acceptors (Lipinski definition) is 3. The first-order valence-corrected chi connectivity index (χ1v) is 10.6. The number of halogens is 3. The molecule has 0 N–H and O–H groups in total. The van der Waals surface area contributed by atoms with E-state index < -0.39 is 27.7 Å². The van der Waals surface area contributed by atoms with Crippen molar-refractivity contribution in [3.8, 4) is 0 Å². The monoisotopic (exact) mass is 409 g/mol. The Morgan fingerprint density at radius 2 is 2.00 bits per heavy atom. The molecular weight excluding hydrogens is 387 g/mol. The van der Waals surface area contributed by atoms with Gasteiger partial charge in [0.05, 0.1) is 18.3 Å². The Kier molecular flexibility index (Phi) is 5.18. The number of aromatic nitrogens is 1. The molecule has 4 rings (SSSR count). The second-order valence-electron chi connectivity index (χ2n) is 7.85. The van der Waals surface area contributed by atoms with Gasteiger partial charge in [-0.15, -0.1) is 0 Å². The van der Waals surface area contributed by atoms with Crippen LogP contribution in [-0.2, 0) is 22.1 Å². The molecule has 2 aliphatic rings. The molecule has 150 valence electrons. The molecule has 3 atom stereocenters. The number of nitrogens with zero attached hydrogens (tertiary/aromatic N) is 1. The van der Waals surface area contributed by atoms with Crippen molar-refractivity contribution in [2.75, 3.05) is 6.61 Å². The van der Waals surface area contributed by atoms with Crippen LogP contribution in [0.5, 0.6) is 0 Å². The molecule has 0 bridgehead atoms. The molecule has 2 heterocycles. The standard InChI is InChI=1S/C21H22F3NO2S/c1-20(28(26)17-4-2-3-16(11-17)21(22,23)24)9-10-27-19(12-20)15-7-8-18(25-13-15)14-5-6-14/h2-4,7-8,11,13-14,19H,5-6,9-10,12H2,1H3. The smallest absolute Gasteiger partial charge is 0.416 e. The van der Waals surface area contributed by atoms with Gasteiger partial charge < -0.3 is 9.29 Å². The molecule has 1 saturated carbocycles. The molecule has 1 aromatic carbocycles. The first-order chi connectivity index (χ1) is 13.3. The predicted octanol–water partition coefficient (Wildman–Crippen LogP) is 5.40. The Bertz CT molecular complexity index is 838. The van der Waals surface area contributed by atoms with Crippen molar-refractivity contribution in [1.29, 1.82) is 0 Å². The number of pyridine rings is 1. The number of benzene rings is 1. The second-order valence-corrected chi connectivity index (χ2v) is 9.84. The minimum absolute atomic E-state index is 0.209. The quantitative estimate of drug-likeness (QED) is 0.636. The van der Waals surface area contributed by atoms with Gasteiger partial charge in [0.25, 0.3) is 0 Å². The zero-order valence-corrected chi connectivity index (χ0v) is 16.4. The molecule has 28 heavy (non-hydrogen) atoms. The maximum absolute atomic E-state index is 13.2. The minimum Gasteiger partial charge on any atom is -0.611 e. The molecule has 3 nitrogen and oxygen atoms in total. The summed E-state index contributed by atoms with van der Waals surface area (Å²) in [5.74, 6) is 0.569. The van der Waals surface area contributed by atoms with E-state index in [9.17, 15) is 17.7 Å². The van der Waals surface area contributed by atoms with Crippen molar-refractivity contribution in [2.24, 2.45) is 0 Å². The van der Waals surface area contributed by atoms with E-state index in [-0.39, 0.29) is 11.0 Å².